The summed E-state index contributed by atoms with van der Waals surface area (Å²) in [6.07, 6.45) is 0. The van der Waals surface area contributed by atoms with Gasteiger partial charge in [0.2, 0.25) is 0 Å². The number of fused-ring (bicyclic) bond motifs is 3. The molecule has 0 bridgehead atoms. The maximum Gasteiger partial charge on any atom is 0.198 e. The molecule has 4 rings (SSSR count). The molecule has 3 aromatic carbocycles. The van der Waals surface area contributed by atoms with Crippen LogP contribution in [0.4, 0.5) is 0 Å². The summed E-state index contributed by atoms with van der Waals surface area (Å²) in [5, 5.41) is 1.90. The van der Waals surface area contributed by atoms with E-state index in [9.17, 15) is 9.59 Å². The first-order chi connectivity index (χ1) is 11.2. The van der Waals surface area contributed by atoms with E-state index in [1.54, 1.807) is 30.3 Å². The largest absolute Gasteiger partial charge is 0.493 e. The van der Waals surface area contributed by atoms with Gasteiger partial charge >= 0.3 is 0 Å². The third-order valence-electron chi connectivity index (χ3n) is 4.17. The fourth-order valence-corrected chi connectivity index (χ4v) is 3.13. The zero-order chi connectivity index (χ0) is 16.0. The van der Waals surface area contributed by atoms with Gasteiger partial charge in [0.15, 0.2) is 11.6 Å². The Balaban J connectivity index is 2.01. The van der Waals surface area contributed by atoms with Crippen molar-refractivity contribution >= 4 is 22.3 Å². The molecule has 0 saturated carbocycles. The molecule has 1 aliphatic carbocycles. The Morgan fingerprint density at radius 2 is 1.43 bits per heavy atom. The highest BCUT2D eigenvalue weighted by molar-refractivity contribution is 6.30. The Morgan fingerprint density at radius 3 is 2.09 bits per heavy atom. The Bertz CT molecular complexity index is 970. The van der Waals surface area contributed by atoms with Gasteiger partial charge < -0.3 is 4.74 Å². The van der Waals surface area contributed by atoms with Crippen LogP contribution in [0, 0.1) is 0 Å². The smallest absolute Gasteiger partial charge is 0.198 e. The highest BCUT2D eigenvalue weighted by atomic mass is 16.5. The zero-order valence-corrected chi connectivity index (χ0v) is 12.6. The van der Waals surface area contributed by atoms with Crippen LogP contribution in [0.25, 0.3) is 10.8 Å². The second-order valence-electron chi connectivity index (χ2n) is 5.51. The fourth-order valence-electron chi connectivity index (χ4n) is 3.13. The van der Waals surface area contributed by atoms with Crippen LogP contribution in [-0.4, -0.2) is 18.2 Å². The second-order valence-corrected chi connectivity index (χ2v) is 5.51. The van der Waals surface area contributed by atoms with Gasteiger partial charge in [-0.25, -0.2) is 0 Å². The summed E-state index contributed by atoms with van der Waals surface area (Å²) >= 11 is 0. The van der Waals surface area contributed by atoms with E-state index in [0.717, 1.165) is 10.8 Å². The van der Waals surface area contributed by atoms with Crippen molar-refractivity contribution in [1.29, 1.82) is 0 Å². The van der Waals surface area contributed by atoms with Gasteiger partial charge in [0.05, 0.1) is 12.2 Å². The van der Waals surface area contributed by atoms with Gasteiger partial charge in [0.25, 0.3) is 0 Å². The number of ketones is 2. The van der Waals surface area contributed by atoms with Crippen molar-refractivity contribution in [3.8, 4) is 5.75 Å². The molecule has 112 valence electrons. The summed E-state index contributed by atoms with van der Waals surface area (Å²) in [7, 11) is 0. The van der Waals surface area contributed by atoms with Crippen LogP contribution in [-0.2, 0) is 0 Å². The predicted octanol–water partition coefficient (Wildman–Crippen LogP) is 4.01. The van der Waals surface area contributed by atoms with Crippen molar-refractivity contribution < 1.29 is 14.3 Å². The summed E-state index contributed by atoms with van der Waals surface area (Å²) in [5.74, 6) is 0.202. The van der Waals surface area contributed by atoms with E-state index in [0.29, 0.717) is 34.6 Å². The Hall–Kier alpha value is -2.94. The zero-order valence-electron chi connectivity index (χ0n) is 12.6. The number of carbonyl (C=O) groups excluding carboxylic acids is 2. The number of rotatable bonds is 2. The molecule has 0 aliphatic heterocycles. The van der Waals surface area contributed by atoms with Crippen LogP contribution in [0.3, 0.4) is 0 Å². The lowest BCUT2D eigenvalue weighted by Gasteiger charge is -2.20. The first-order valence-electron chi connectivity index (χ1n) is 7.58. The lowest BCUT2D eigenvalue weighted by Crippen LogP contribution is -2.22. The molecule has 1 aliphatic rings. The van der Waals surface area contributed by atoms with E-state index in [4.69, 9.17) is 4.74 Å². The lowest BCUT2D eigenvalue weighted by molar-refractivity contribution is 0.0976. The molecule has 3 nitrogen and oxygen atoms in total. The maximum absolute atomic E-state index is 13.0. The van der Waals surface area contributed by atoms with Gasteiger partial charge in [0.1, 0.15) is 5.75 Å². The predicted molar refractivity (Wildman–Crippen MR) is 88.4 cm³/mol. The summed E-state index contributed by atoms with van der Waals surface area (Å²) in [5.41, 5.74) is 1.72. The number of carbonyl (C=O) groups is 2. The number of benzene rings is 3. The summed E-state index contributed by atoms with van der Waals surface area (Å²) < 4.78 is 5.55. The molecule has 0 heterocycles. The van der Waals surface area contributed by atoms with Gasteiger partial charge in [-0.1, -0.05) is 36.4 Å². The van der Waals surface area contributed by atoms with Crippen molar-refractivity contribution in [2.45, 2.75) is 6.92 Å². The average Bonchev–Trinajstić information content (AvgIpc) is 2.58. The molecule has 23 heavy (non-hydrogen) atoms. The maximum atomic E-state index is 13.0. The van der Waals surface area contributed by atoms with E-state index in [2.05, 4.69) is 0 Å². The minimum absolute atomic E-state index is 0.123. The molecule has 3 aromatic rings. The van der Waals surface area contributed by atoms with E-state index in [1.165, 1.54) is 0 Å². The molecular weight excluding hydrogens is 288 g/mol. The topological polar surface area (TPSA) is 43.4 Å². The van der Waals surface area contributed by atoms with Crippen molar-refractivity contribution in [2.75, 3.05) is 6.61 Å². The van der Waals surface area contributed by atoms with E-state index < -0.39 is 0 Å². The molecule has 0 radical (unpaired) electrons. The van der Waals surface area contributed by atoms with Crippen LogP contribution in [0.15, 0.2) is 54.6 Å². The number of hydrogen-bond donors (Lipinski definition) is 0. The van der Waals surface area contributed by atoms with Crippen molar-refractivity contribution in [2.24, 2.45) is 0 Å². The van der Waals surface area contributed by atoms with Gasteiger partial charge in [0, 0.05) is 16.7 Å². The van der Waals surface area contributed by atoms with Crippen molar-refractivity contribution in [3.05, 3.63) is 76.9 Å². The van der Waals surface area contributed by atoms with Gasteiger partial charge in [-0.3, -0.25) is 9.59 Å². The third kappa shape index (κ3) is 1.97. The molecule has 0 saturated heterocycles. The molecule has 0 fully saturated rings. The summed E-state index contributed by atoms with van der Waals surface area (Å²) in [6, 6.07) is 16.5. The molecule has 0 amide bonds. The summed E-state index contributed by atoms with van der Waals surface area (Å²) in [6.45, 7) is 2.30. The van der Waals surface area contributed by atoms with E-state index >= 15 is 0 Å². The van der Waals surface area contributed by atoms with E-state index in [1.807, 2.05) is 31.2 Å². The normalized spacial score (nSPS) is 12.9. The fraction of sp³-hybridized carbons (Fsp3) is 0.100. The van der Waals surface area contributed by atoms with Gasteiger partial charge in [-0.2, -0.15) is 0 Å². The third-order valence-corrected chi connectivity index (χ3v) is 4.17. The van der Waals surface area contributed by atoms with Gasteiger partial charge in [-0.05, 0) is 35.9 Å². The Labute approximate surface area is 133 Å². The first-order valence-corrected chi connectivity index (χ1v) is 7.58. The van der Waals surface area contributed by atoms with Crippen LogP contribution < -0.4 is 4.74 Å². The molecular formula is C20H14O3. The molecule has 0 spiro atoms. The Kier molecular flexibility index (Phi) is 3.01. The molecule has 0 aromatic heterocycles. The van der Waals surface area contributed by atoms with Gasteiger partial charge in [-0.15, -0.1) is 0 Å². The summed E-state index contributed by atoms with van der Waals surface area (Å²) in [4.78, 5) is 25.8. The standard InChI is InChI=1S/C20H14O3/c1-2-23-17-9-5-8-14-18(17)20(22)16-11-13-7-4-3-6-12(13)10-15(16)19(14)21/h3-11H,2H2,1H3. The van der Waals surface area contributed by atoms with Crippen molar-refractivity contribution in [1.82, 2.24) is 0 Å². The quantitative estimate of drug-likeness (QED) is 0.562. The lowest BCUT2D eigenvalue weighted by atomic mass is 9.82. The van der Waals surface area contributed by atoms with Crippen LogP contribution in [0.1, 0.15) is 38.8 Å². The highest BCUT2D eigenvalue weighted by Crippen LogP contribution is 2.35. The van der Waals surface area contributed by atoms with E-state index in [-0.39, 0.29) is 11.6 Å². The van der Waals surface area contributed by atoms with Crippen LogP contribution in [0.5, 0.6) is 5.75 Å². The molecule has 0 N–H and O–H groups in total. The second kappa shape index (κ2) is 5.06. The minimum atomic E-state index is -0.149. The molecule has 0 unspecified atom stereocenters. The number of hydrogen-bond acceptors (Lipinski definition) is 3. The van der Waals surface area contributed by atoms with Crippen LogP contribution >= 0.6 is 0 Å². The Morgan fingerprint density at radius 1 is 0.783 bits per heavy atom. The monoisotopic (exact) mass is 302 g/mol. The number of ether oxygens (including phenoxy) is 1. The van der Waals surface area contributed by atoms with Crippen LogP contribution in [0.2, 0.25) is 0 Å². The van der Waals surface area contributed by atoms with Crippen molar-refractivity contribution in [3.63, 3.8) is 0 Å². The minimum Gasteiger partial charge on any atom is -0.493 e. The SMILES string of the molecule is CCOc1cccc2c1C(=O)c1cc3ccccc3cc1C2=O. The first kappa shape index (κ1) is 13.7. The average molecular weight is 302 g/mol. The molecule has 0 atom stereocenters. The molecule has 3 heteroatoms. The highest BCUT2D eigenvalue weighted by Gasteiger charge is 2.32.